The maximum absolute atomic E-state index is 12.5. The number of aliphatic hydroxyl groups is 2. The SMILES string of the molecule is CCCC/C=C\C/C=C\CCCCCCCC(=O)OCCCCCCCCCCCCCCCCCCCCCCCCCCCCCCCCCCC(=O)NC(CO)C(O)/C=C/CCCCCCCCCCCCCCCCCCC. The Hall–Kier alpha value is -1.92. The van der Waals surface area contributed by atoms with Crippen LogP contribution in [0.4, 0.5) is 0 Å². The molecule has 1 amide bonds. The molecule has 6 heteroatoms. The zero-order valence-electron chi connectivity index (χ0n) is 55.5. The highest BCUT2D eigenvalue weighted by molar-refractivity contribution is 5.76. The summed E-state index contributed by atoms with van der Waals surface area (Å²) in [7, 11) is 0. The first kappa shape index (κ1) is 80.1. The number of aliphatic hydroxyl groups excluding tert-OH is 2. The average molecular weight is 1150 g/mol. The minimum Gasteiger partial charge on any atom is -0.466 e. The Morgan fingerprint density at radius 1 is 0.341 bits per heavy atom. The molecule has 0 aromatic heterocycles. The maximum Gasteiger partial charge on any atom is 0.305 e. The maximum atomic E-state index is 12.5. The molecule has 0 spiro atoms. The first-order valence-electron chi connectivity index (χ1n) is 37.3. The van der Waals surface area contributed by atoms with Crippen molar-refractivity contribution >= 4 is 11.9 Å². The van der Waals surface area contributed by atoms with Crippen LogP contribution in [0.25, 0.3) is 0 Å². The van der Waals surface area contributed by atoms with Gasteiger partial charge >= 0.3 is 5.97 Å². The normalized spacial score (nSPS) is 12.7. The second kappa shape index (κ2) is 71.6. The molecule has 6 nitrogen and oxygen atoms in total. The van der Waals surface area contributed by atoms with Crippen molar-refractivity contribution in [2.24, 2.45) is 0 Å². The molecule has 0 aromatic carbocycles. The van der Waals surface area contributed by atoms with E-state index in [0.29, 0.717) is 19.4 Å². The Balaban J connectivity index is 3.35. The number of hydrogen-bond donors (Lipinski definition) is 3. The van der Waals surface area contributed by atoms with Crippen molar-refractivity contribution < 1.29 is 24.5 Å². The van der Waals surface area contributed by atoms with Gasteiger partial charge in [0.2, 0.25) is 5.91 Å². The number of esters is 1. The van der Waals surface area contributed by atoms with E-state index >= 15 is 0 Å². The van der Waals surface area contributed by atoms with Gasteiger partial charge in [0.15, 0.2) is 0 Å². The molecule has 0 saturated carbocycles. The number of allylic oxidation sites excluding steroid dienone is 5. The fraction of sp³-hybridized carbons (Fsp3) is 0.895. The molecule has 0 bridgehead atoms. The second-order valence-corrected chi connectivity index (χ2v) is 25.6. The lowest BCUT2D eigenvalue weighted by molar-refractivity contribution is -0.143. The van der Waals surface area contributed by atoms with E-state index in [0.717, 1.165) is 51.4 Å². The lowest BCUT2D eigenvalue weighted by atomic mass is 10.0. The summed E-state index contributed by atoms with van der Waals surface area (Å²) < 4.78 is 5.49. The molecule has 2 atom stereocenters. The number of hydrogen-bond acceptors (Lipinski definition) is 5. The van der Waals surface area contributed by atoms with Crippen LogP contribution < -0.4 is 5.32 Å². The van der Waals surface area contributed by atoms with Crippen LogP contribution in [0.1, 0.15) is 412 Å². The minimum atomic E-state index is -0.842. The van der Waals surface area contributed by atoms with Gasteiger partial charge in [-0.15, -0.1) is 0 Å². The highest BCUT2D eigenvalue weighted by atomic mass is 16.5. The van der Waals surface area contributed by atoms with E-state index in [1.807, 2.05) is 6.08 Å². The Labute approximate surface area is 513 Å². The molecular weight excluding hydrogens is 1010 g/mol. The Morgan fingerprint density at radius 3 is 0.963 bits per heavy atom. The number of carbonyl (C=O) groups excluding carboxylic acids is 2. The van der Waals surface area contributed by atoms with Crippen molar-refractivity contribution in [3.63, 3.8) is 0 Å². The van der Waals surface area contributed by atoms with Gasteiger partial charge in [-0.1, -0.05) is 378 Å². The molecule has 3 N–H and O–H groups in total. The first-order valence-corrected chi connectivity index (χ1v) is 37.3. The van der Waals surface area contributed by atoms with Crippen molar-refractivity contribution in [1.82, 2.24) is 5.32 Å². The number of nitrogens with one attached hydrogen (secondary N) is 1. The summed E-state index contributed by atoms with van der Waals surface area (Å²) in [6.45, 7) is 4.90. The Morgan fingerprint density at radius 2 is 0.622 bits per heavy atom. The topological polar surface area (TPSA) is 95.9 Å². The van der Waals surface area contributed by atoms with Crippen LogP contribution in [0.2, 0.25) is 0 Å². The van der Waals surface area contributed by atoms with E-state index < -0.39 is 12.1 Å². The van der Waals surface area contributed by atoms with Gasteiger partial charge in [-0.25, -0.2) is 0 Å². The predicted molar refractivity (Wildman–Crippen MR) is 361 cm³/mol. The third-order valence-electron chi connectivity index (χ3n) is 17.4. The third-order valence-corrected chi connectivity index (χ3v) is 17.4. The van der Waals surface area contributed by atoms with Gasteiger partial charge in [-0.3, -0.25) is 9.59 Å². The highest BCUT2D eigenvalue weighted by Crippen LogP contribution is 2.19. The summed E-state index contributed by atoms with van der Waals surface area (Å²) in [5.74, 6) is -0.0531. The van der Waals surface area contributed by atoms with Gasteiger partial charge < -0.3 is 20.3 Å². The standard InChI is InChI=1S/C76H145NO5/c1-3-5-7-9-11-13-15-17-19-20-35-38-41-44-48-52-56-60-64-68-74(79)73(72-78)77-75(80)69-65-61-57-53-49-45-42-39-36-33-31-29-27-25-23-21-22-24-26-28-30-32-34-37-40-43-47-51-55-59-63-67-71-82-76(81)70-66-62-58-54-50-46-18-16-14-12-10-8-6-4-2/h10,12,16,18,64,68,73-74,78-79H,3-9,11,13-15,17,19-63,65-67,69-72H2,1-2H3,(H,77,80)/b12-10-,18-16-,68-64+. The van der Waals surface area contributed by atoms with Gasteiger partial charge in [0, 0.05) is 12.8 Å². The summed E-state index contributed by atoms with van der Waals surface area (Å²) >= 11 is 0. The molecule has 0 aliphatic rings. The number of amides is 1. The lowest BCUT2D eigenvalue weighted by Crippen LogP contribution is -2.45. The highest BCUT2D eigenvalue weighted by Gasteiger charge is 2.18. The predicted octanol–water partition coefficient (Wildman–Crippen LogP) is 24.3. The number of ether oxygens (including phenoxy) is 1. The summed E-state index contributed by atoms with van der Waals surface area (Å²) in [5, 5.41) is 23.2. The fourth-order valence-electron chi connectivity index (χ4n) is 11.7. The van der Waals surface area contributed by atoms with Crippen LogP contribution in [-0.4, -0.2) is 47.4 Å². The summed E-state index contributed by atoms with van der Waals surface area (Å²) in [6, 6.07) is -0.625. The molecule has 0 aliphatic carbocycles. The van der Waals surface area contributed by atoms with Crippen molar-refractivity contribution in [2.75, 3.05) is 13.2 Å². The van der Waals surface area contributed by atoms with Crippen molar-refractivity contribution in [2.45, 2.75) is 424 Å². The van der Waals surface area contributed by atoms with Gasteiger partial charge in [0.05, 0.1) is 25.4 Å². The van der Waals surface area contributed by atoms with Crippen LogP contribution in [0.5, 0.6) is 0 Å². The molecule has 0 saturated heterocycles. The van der Waals surface area contributed by atoms with Gasteiger partial charge in [-0.2, -0.15) is 0 Å². The van der Waals surface area contributed by atoms with Crippen LogP contribution in [0.3, 0.4) is 0 Å². The van der Waals surface area contributed by atoms with Crippen LogP contribution >= 0.6 is 0 Å². The Kier molecular flexibility index (Phi) is 69.9. The van der Waals surface area contributed by atoms with Crippen LogP contribution in [0, 0.1) is 0 Å². The van der Waals surface area contributed by atoms with E-state index in [1.165, 1.54) is 334 Å². The zero-order chi connectivity index (χ0) is 59.2. The van der Waals surface area contributed by atoms with Gasteiger partial charge in [-0.05, 0) is 57.8 Å². The lowest BCUT2D eigenvalue weighted by Gasteiger charge is -2.20. The second-order valence-electron chi connectivity index (χ2n) is 25.6. The van der Waals surface area contributed by atoms with E-state index in [1.54, 1.807) is 6.08 Å². The molecule has 0 rings (SSSR count). The molecule has 0 heterocycles. The molecule has 0 aliphatic heterocycles. The number of unbranched alkanes of at least 4 members (excludes halogenated alkanes) is 55. The monoisotopic (exact) mass is 1150 g/mol. The van der Waals surface area contributed by atoms with E-state index in [2.05, 4.69) is 43.5 Å². The van der Waals surface area contributed by atoms with E-state index in [-0.39, 0.29) is 18.5 Å². The van der Waals surface area contributed by atoms with Crippen LogP contribution in [0.15, 0.2) is 36.5 Å². The summed E-state index contributed by atoms with van der Waals surface area (Å²) in [6.07, 6.45) is 92.5. The molecule has 0 radical (unpaired) electrons. The van der Waals surface area contributed by atoms with E-state index in [9.17, 15) is 19.8 Å². The zero-order valence-corrected chi connectivity index (χ0v) is 55.5. The number of carbonyl (C=O) groups is 2. The minimum absolute atomic E-state index is 0.00669. The molecule has 484 valence electrons. The summed E-state index contributed by atoms with van der Waals surface area (Å²) in [4.78, 5) is 24.6. The largest absolute Gasteiger partial charge is 0.466 e. The molecule has 2 unspecified atom stereocenters. The van der Waals surface area contributed by atoms with E-state index in [4.69, 9.17) is 4.74 Å². The fourth-order valence-corrected chi connectivity index (χ4v) is 11.7. The molecule has 0 aromatic rings. The smallest absolute Gasteiger partial charge is 0.305 e. The number of rotatable bonds is 70. The summed E-state index contributed by atoms with van der Waals surface area (Å²) in [5.41, 5.74) is 0. The molecular formula is C76H145NO5. The first-order chi connectivity index (χ1) is 40.5. The van der Waals surface area contributed by atoms with Crippen molar-refractivity contribution in [1.29, 1.82) is 0 Å². The molecule has 0 fully saturated rings. The van der Waals surface area contributed by atoms with Crippen molar-refractivity contribution in [3.8, 4) is 0 Å². The quantitative estimate of drug-likeness (QED) is 0.0320. The van der Waals surface area contributed by atoms with Gasteiger partial charge in [0.1, 0.15) is 0 Å². The van der Waals surface area contributed by atoms with Crippen LogP contribution in [-0.2, 0) is 14.3 Å². The van der Waals surface area contributed by atoms with Gasteiger partial charge in [0.25, 0.3) is 0 Å². The molecule has 82 heavy (non-hydrogen) atoms. The average Bonchev–Trinajstić information content (AvgIpc) is 3.48. The third kappa shape index (κ3) is 67.2. The van der Waals surface area contributed by atoms with Crippen molar-refractivity contribution in [3.05, 3.63) is 36.5 Å². The Bertz CT molecular complexity index is 1330.